The average Bonchev–Trinajstić information content (AvgIpc) is 2.21. The fourth-order valence-electron chi connectivity index (χ4n) is 1.12. The van der Waals surface area contributed by atoms with E-state index in [0.717, 1.165) is 6.26 Å². The molecule has 0 atom stereocenters. The molecule has 0 N–H and O–H groups in total. The lowest BCUT2D eigenvalue weighted by molar-refractivity contribution is -0.155. The summed E-state index contributed by atoms with van der Waals surface area (Å²) in [5.41, 5.74) is -0.452. The van der Waals surface area contributed by atoms with Gasteiger partial charge in [0.15, 0.2) is 0 Å². The molecule has 0 heterocycles. The molecule has 0 radical (unpaired) electrons. The molecule has 0 rings (SSSR count). The van der Waals surface area contributed by atoms with E-state index >= 15 is 0 Å². The third-order valence-electron chi connectivity index (χ3n) is 1.75. The van der Waals surface area contributed by atoms with Gasteiger partial charge in [-0.15, -0.1) is 0 Å². The number of hydrogen-bond acceptors (Lipinski definition) is 5. The Balaban J connectivity index is 3.43. The molecule has 0 saturated heterocycles. The highest BCUT2D eigenvalue weighted by Gasteiger charge is 2.15. The van der Waals surface area contributed by atoms with Crippen molar-refractivity contribution in [2.45, 2.75) is 45.6 Å². The topological polar surface area (TPSA) is 61.8 Å². The predicted molar refractivity (Wildman–Crippen MR) is 66.8 cm³/mol. The van der Waals surface area contributed by atoms with E-state index in [1.807, 2.05) is 20.8 Å². The Hall–Kier alpha value is -1.36. The highest BCUT2D eigenvalue weighted by molar-refractivity contribution is 5.70. The van der Waals surface area contributed by atoms with Crippen LogP contribution >= 0.6 is 0 Å². The zero-order chi connectivity index (χ0) is 14.0. The van der Waals surface area contributed by atoms with Gasteiger partial charge >= 0.3 is 11.9 Å². The Morgan fingerprint density at radius 1 is 1.11 bits per heavy atom. The largest absolute Gasteiger partial charge is 0.460 e. The molecule has 0 aliphatic heterocycles. The molecule has 0 bridgehead atoms. The van der Waals surface area contributed by atoms with Crippen molar-refractivity contribution < 1.29 is 23.8 Å². The summed E-state index contributed by atoms with van der Waals surface area (Å²) >= 11 is 0. The van der Waals surface area contributed by atoms with E-state index in [4.69, 9.17) is 9.47 Å². The van der Waals surface area contributed by atoms with Gasteiger partial charge in [-0.2, -0.15) is 0 Å². The number of rotatable bonds is 8. The lowest BCUT2D eigenvalue weighted by Gasteiger charge is -2.19. The number of hydrogen-bond donors (Lipinski definition) is 0. The van der Waals surface area contributed by atoms with Crippen molar-refractivity contribution in [1.29, 1.82) is 0 Å². The summed E-state index contributed by atoms with van der Waals surface area (Å²) in [5.74, 6) is -0.616. The van der Waals surface area contributed by atoms with E-state index in [9.17, 15) is 9.59 Å². The van der Waals surface area contributed by atoms with Crippen LogP contribution in [0.1, 0.15) is 40.0 Å². The van der Waals surface area contributed by atoms with E-state index in [2.05, 4.69) is 11.3 Å². The zero-order valence-corrected chi connectivity index (χ0v) is 11.4. The van der Waals surface area contributed by atoms with Gasteiger partial charge in [0.05, 0.1) is 19.3 Å². The molecule has 0 spiro atoms. The maximum atomic E-state index is 11.3. The molecule has 0 fully saturated rings. The van der Waals surface area contributed by atoms with Crippen LogP contribution in [0.15, 0.2) is 12.8 Å². The van der Waals surface area contributed by atoms with Gasteiger partial charge in [0.1, 0.15) is 5.60 Å². The molecule has 0 aliphatic rings. The van der Waals surface area contributed by atoms with E-state index < -0.39 is 5.60 Å². The Morgan fingerprint density at radius 2 is 1.78 bits per heavy atom. The van der Waals surface area contributed by atoms with E-state index in [-0.39, 0.29) is 25.0 Å². The second kappa shape index (κ2) is 8.69. The van der Waals surface area contributed by atoms with Crippen LogP contribution in [-0.2, 0) is 23.8 Å². The first-order valence-electron chi connectivity index (χ1n) is 5.95. The second-order valence-corrected chi connectivity index (χ2v) is 4.71. The molecule has 0 aliphatic carbocycles. The Bertz CT molecular complexity index is 278. The van der Waals surface area contributed by atoms with E-state index in [0.29, 0.717) is 19.4 Å². The van der Waals surface area contributed by atoms with E-state index in [1.54, 1.807) is 0 Å². The van der Waals surface area contributed by atoms with Crippen LogP contribution in [0.25, 0.3) is 0 Å². The smallest absolute Gasteiger partial charge is 0.312 e. The lowest BCUT2D eigenvalue weighted by atomic mass is 10.2. The number of carbonyl (C=O) groups excluding carboxylic acids is 2. The summed E-state index contributed by atoms with van der Waals surface area (Å²) in [4.78, 5) is 22.2. The standard InChI is InChI=1S/C13H22O5/c1-5-17-11(14)8-10-16-9-6-7-12(15)18-13(2,3)4/h5H,1,6-10H2,2-4H3. The van der Waals surface area contributed by atoms with Crippen molar-refractivity contribution in [1.82, 2.24) is 0 Å². The fraction of sp³-hybridized carbons (Fsp3) is 0.692. The minimum Gasteiger partial charge on any atom is -0.460 e. The highest BCUT2D eigenvalue weighted by Crippen LogP contribution is 2.09. The number of esters is 2. The van der Waals surface area contributed by atoms with Gasteiger partial charge in [0, 0.05) is 13.0 Å². The normalized spacial score (nSPS) is 10.8. The summed E-state index contributed by atoms with van der Waals surface area (Å²) in [5, 5.41) is 0. The van der Waals surface area contributed by atoms with Gasteiger partial charge < -0.3 is 14.2 Å². The molecule has 0 amide bonds. The van der Waals surface area contributed by atoms with Crippen LogP contribution in [-0.4, -0.2) is 30.8 Å². The summed E-state index contributed by atoms with van der Waals surface area (Å²) in [6.45, 7) is 9.45. The van der Waals surface area contributed by atoms with Crippen molar-refractivity contribution in [3.05, 3.63) is 12.8 Å². The first-order valence-corrected chi connectivity index (χ1v) is 5.95. The van der Waals surface area contributed by atoms with Crippen molar-refractivity contribution in [3.63, 3.8) is 0 Å². The summed E-state index contributed by atoms with van der Waals surface area (Å²) in [6.07, 6.45) is 2.16. The molecular formula is C13H22O5. The zero-order valence-electron chi connectivity index (χ0n) is 11.4. The summed E-state index contributed by atoms with van der Waals surface area (Å²) < 4.78 is 14.8. The van der Waals surface area contributed by atoms with Gasteiger partial charge in [-0.25, -0.2) is 0 Å². The Morgan fingerprint density at radius 3 is 2.33 bits per heavy atom. The summed E-state index contributed by atoms with van der Waals surface area (Å²) in [7, 11) is 0. The molecule has 0 saturated carbocycles. The first-order chi connectivity index (χ1) is 8.35. The molecule has 0 aromatic rings. The third-order valence-corrected chi connectivity index (χ3v) is 1.75. The lowest BCUT2D eigenvalue weighted by Crippen LogP contribution is -2.23. The molecule has 0 unspecified atom stereocenters. The molecule has 5 nitrogen and oxygen atoms in total. The van der Waals surface area contributed by atoms with Gasteiger partial charge in [-0.1, -0.05) is 6.58 Å². The van der Waals surface area contributed by atoms with Crippen LogP contribution in [0.2, 0.25) is 0 Å². The Labute approximate surface area is 108 Å². The Kier molecular flexibility index (Phi) is 8.03. The SMILES string of the molecule is C=COC(=O)CCOCCCC(=O)OC(C)(C)C. The number of carbonyl (C=O) groups is 2. The molecule has 104 valence electrons. The van der Waals surface area contributed by atoms with Crippen molar-refractivity contribution in [2.24, 2.45) is 0 Å². The molecule has 0 aromatic carbocycles. The van der Waals surface area contributed by atoms with Gasteiger partial charge in [0.25, 0.3) is 0 Å². The van der Waals surface area contributed by atoms with Crippen molar-refractivity contribution >= 4 is 11.9 Å². The molecule has 5 heteroatoms. The van der Waals surface area contributed by atoms with Crippen LogP contribution in [0.3, 0.4) is 0 Å². The monoisotopic (exact) mass is 258 g/mol. The highest BCUT2D eigenvalue weighted by atomic mass is 16.6. The second-order valence-electron chi connectivity index (χ2n) is 4.71. The van der Waals surface area contributed by atoms with E-state index in [1.165, 1.54) is 0 Å². The predicted octanol–water partition coefficient (Wildman–Crippen LogP) is 2.20. The van der Waals surface area contributed by atoms with Crippen molar-refractivity contribution in [3.8, 4) is 0 Å². The van der Waals surface area contributed by atoms with Crippen molar-refractivity contribution in [2.75, 3.05) is 13.2 Å². The van der Waals surface area contributed by atoms with Gasteiger partial charge in [-0.3, -0.25) is 9.59 Å². The minimum absolute atomic E-state index is 0.179. The maximum absolute atomic E-state index is 11.3. The maximum Gasteiger partial charge on any atom is 0.312 e. The quantitative estimate of drug-likeness (QED) is 0.379. The number of ether oxygens (including phenoxy) is 3. The fourth-order valence-corrected chi connectivity index (χ4v) is 1.12. The molecule has 0 aromatic heterocycles. The van der Waals surface area contributed by atoms with Crippen LogP contribution < -0.4 is 0 Å². The molecule has 18 heavy (non-hydrogen) atoms. The van der Waals surface area contributed by atoms with Gasteiger partial charge in [0.2, 0.25) is 0 Å². The van der Waals surface area contributed by atoms with Crippen LogP contribution in [0.5, 0.6) is 0 Å². The first kappa shape index (κ1) is 16.6. The third kappa shape index (κ3) is 11.1. The minimum atomic E-state index is -0.452. The van der Waals surface area contributed by atoms with Crippen LogP contribution in [0, 0.1) is 0 Å². The van der Waals surface area contributed by atoms with Gasteiger partial charge in [-0.05, 0) is 27.2 Å². The molecular weight excluding hydrogens is 236 g/mol. The van der Waals surface area contributed by atoms with Crippen LogP contribution in [0.4, 0.5) is 0 Å². The average molecular weight is 258 g/mol. The summed E-state index contributed by atoms with van der Waals surface area (Å²) in [6, 6.07) is 0.